The molecule has 0 saturated carbocycles. The second-order valence-corrected chi connectivity index (χ2v) is 7.83. The average Bonchev–Trinajstić information content (AvgIpc) is 3.12. The molecule has 2 fully saturated rings. The van der Waals surface area contributed by atoms with Gasteiger partial charge < -0.3 is 25.0 Å². The molecule has 0 aliphatic carbocycles. The average molecular weight is 419 g/mol. The maximum atomic E-state index is 12.8. The maximum absolute atomic E-state index is 12.8. The smallest absolute Gasteiger partial charge is 0.426 e. The molecule has 1 aromatic rings. The zero-order chi connectivity index (χ0) is 20.3. The van der Waals surface area contributed by atoms with Crippen molar-refractivity contribution in [2.75, 3.05) is 26.2 Å². The molecule has 2 aliphatic rings. The molecule has 2 aliphatic heterocycles. The summed E-state index contributed by atoms with van der Waals surface area (Å²) in [7, 11) is -1.56. The summed E-state index contributed by atoms with van der Waals surface area (Å²) in [5.74, 6) is -1.04. The van der Waals surface area contributed by atoms with Gasteiger partial charge in [-0.05, 0) is 49.1 Å². The first-order chi connectivity index (χ1) is 13.2. The van der Waals surface area contributed by atoms with E-state index in [1.165, 1.54) is 41.1 Å². The lowest BCUT2D eigenvalue weighted by molar-refractivity contribution is -0.274. The second-order valence-electron chi connectivity index (χ2n) is 6.66. The van der Waals surface area contributed by atoms with E-state index in [2.05, 4.69) is 10.1 Å². The molecule has 2 unspecified atom stereocenters. The van der Waals surface area contributed by atoms with Crippen molar-refractivity contribution in [3.63, 3.8) is 0 Å². The van der Waals surface area contributed by atoms with Crippen molar-refractivity contribution in [3.8, 4) is 5.75 Å². The summed E-state index contributed by atoms with van der Waals surface area (Å²) in [4.78, 5) is 15.0. The third-order valence-corrected chi connectivity index (χ3v) is 5.73. The number of benzene rings is 1. The van der Waals surface area contributed by atoms with Gasteiger partial charge in [0, 0.05) is 31.1 Å². The number of ether oxygens (including phenoxy) is 1. The Labute approximate surface area is 165 Å². The molecule has 0 aromatic heterocycles. The Morgan fingerprint density at radius 3 is 2.61 bits per heavy atom. The summed E-state index contributed by atoms with van der Waals surface area (Å²) in [5.41, 5.74) is 0. The first-order valence-electron chi connectivity index (χ1n) is 8.92. The number of piperazine rings is 1. The van der Waals surface area contributed by atoms with Gasteiger partial charge in [-0.1, -0.05) is 0 Å². The predicted octanol–water partition coefficient (Wildman–Crippen LogP) is 0.869. The highest BCUT2D eigenvalue weighted by Crippen LogP contribution is 2.29. The van der Waals surface area contributed by atoms with Crippen LogP contribution in [-0.4, -0.2) is 76.8 Å². The Balaban J connectivity index is 1.57. The van der Waals surface area contributed by atoms with Crippen LogP contribution in [0.4, 0.5) is 13.2 Å². The van der Waals surface area contributed by atoms with Gasteiger partial charge in [-0.3, -0.25) is 4.79 Å². The molecule has 0 spiro atoms. The fourth-order valence-corrected chi connectivity index (χ4v) is 4.36. The number of carbonyl (C=O) groups is 1. The van der Waals surface area contributed by atoms with E-state index in [0.29, 0.717) is 32.6 Å². The summed E-state index contributed by atoms with van der Waals surface area (Å²) in [5, 5.41) is 22.1. The number of nitrogens with zero attached hydrogens (tertiary/aromatic N) is 2. The van der Waals surface area contributed by atoms with Gasteiger partial charge >= 0.3 is 13.5 Å². The Morgan fingerprint density at radius 1 is 1.25 bits per heavy atom. The third-order valence-electron chi connectivity index (χ3n) is 4.65. The van der Waals surface area contributed by atoms with Crippen LogP contribution < -0.4 is 10.1 Å². The van der Waals surface area contributed by atoms with Crippen molar-refractivity contribution in [1.82, 2.24) is 14.5 Å². The first kappa shape index (κ1) is 21.2. The minimum absolute atomic E-state index is 0.171. The summed E-state index contributed by atoms with van der Waals surface area (Å²) >= 11 is 1.35. The van der Waals surface area contributed by atoms with Gasteiger partial charge in [0.1, 0.15) is 11.8 Å². The number of hydrogen-bond donors (Lipinski definition) is 3. The summed E-state index contributed by atoms with van der Waals surface area (Å²) in [6.07, 6.45) is -3.44. The third kappa shape index (κ3) is 5.54. The van der Waals surface area contributed by atoms with Crippen LogP contribution in [-0.2, 0) is 4.79 Å². The molecule has 154 valence electrons. The molecule has 12 heteroatoms. The number of alkyl halides is 3. The summed E-state index contributed by atoms with van der Waals surface area (Å²) in [6.45, 7) is 2.11. The Bertz CT molecular complexity index is 680. The molecule has 1 aromatic carbocycles. The van der Waals surface area contributed by atoms with Crippen LogP contribution in [0.15, 0.2) is 29.2 Å². The molecule has 3 N–H and O–H groups in total. The molecular formula is C16H21BF3N3O4S. The zero-order valence-electron chi connectivity index (χ0n) is 14.9. The lowest BCUT2D eigenvalue weighted by atomic mass is 9.77. The normalized spacial score (nSPS) is 23.7. The van der Waals surface area contributed by atoms with Gasteiger partial charge in [-0.2, -0.15) is 0 Å². The Morgan fingerprint density at radius 2 is 1.96 bits per heavy atom. The highest BCUT2D eigenvalue weighted by molar-refractivity contribution is 7.97. The number of rotatable bonds is 5. The molecular weight excluding hydrogens is 398 g/mol. The van der Waals surface area contributed by atoms with Crippen LogP contribution in [0.3, 0.4) is 0 Å². The molecule has 28 heavy (non-hydrogen) atoms. The van der Waals surface area contributed by atoms with Crippen molar-refractivity contribution in [2.24, 2.45) is 0 Å². The van der Waals surface area contributed by atoms with E-state index in [9.17, 15) is 28.0 Å². The lowest BCUT2D eigenvalue weighted by Crippen LogP contribution is -2.58. The van der Waals surface area contributed by atoms with Crippen LogP contribution in [0.2, 0.25) is 0 Å². The molecule has 0 bridgehead atoms. The van der Waals surface area contributed by atoms with Crippen molar-refractivity contribution >= 4 is 25.0 Å². The van der Waals surface area contributed by atoms with Crippen molar-refractivity contribution in [1.29, 1.82) is 0 Å². The minimum Gasteiger partial charge on any atom is -0.426 e. The molecule has 0 radical (unpaired) electrons. The summed E-state index contributed by atoms with van der Waals surface area (Å²) in [6, 6.07) is 5.08. The molecule has 1 amide bonds. The highest BCUT2D eigenvalue weighted by atomic mass is 32.2. The van der Waals surface area contributed by atoms with E-state index in [1.807, 2.05) is 4.31 Å². The van der Waals surface area contributed by atoms with Crippen LogP contribution in [0.25, 0.3) is 0 Å². The van der Waals surface area contributed by atoms with Crippen molar-refractivity contribution in [2.45, 2.75) is 36.1 Å². The fourth-order valence-electron chi connectivity index (χ4n) is 3.40. The minimum atomic E-state index is -4.73. The van der Waals surface area contributed by atoms with E-state index in [4.69, 9.17) is 0 Å². The highest BCUT2D eigenvalue weighted by Gasteiger charge is 2.40. The molecule has 7 nitrogen and oxygen atoms in total. The van der Waals surface area contributed by atoms with Gasteiger partial charge in [0.05, 0.1) is 5.94 Å². The first-order valence-corrected chi connectivity index (χ1v) is 9.69. The van der Waals surface area contributed by atoms with Gasteiger partial charge in [-0.15, -0.1) is 13.2 Å². The van der Waals surface area contributed by atoms with E-state index < -0.39 is 25.5 Å². The fraction of sp³-hybridized carbons (Fsp3) is 0.562. The Hall–Kier alpha value is -1.47. The maximum Gasteiger partial charge on any atom is 0.573 e. The largest absolute Gasteiger partial charge is 0.573 e. The van der Waals surface area contributed by atoms with Crippen LogP contribution in [0.1, 0.15) is 12.8 Å². The second kappa shape index (κ2) is 8.91. The SMILES string of the molecule is O=C(C1CN(Sc2ccc(OC(F)(F)F)cc2)CCN1)N1CCCC1B(O)O. The molecule has 2 heterocycles. The summed E-state index contributed by atoms with van der Waals surface area (Å²) < 4.78 is 42.5. The number of carbonyl (C=O) groups excluding carboxylic acids is 1. The lowest BCUT2D eigenvalue weighted by Gasteiger charge is -2.35. The van der Waals surface area contributed by atoms with Gasteiger partial charge in [0.2, 0.25) is 5.91 Å². The quantitative estimate of drug-likeness (QED) is 0.483. The van der Waals surface area contributed by atoms with Gasteiger partial charge in [0.15, 0.2) is 0 Å². The van der Waals surface area contributed by atoms with E-state index in [0.717, 1.165) is 11.3 Å². The number of nitrogens with one attached hydrogen (secondary N) is 1. The predicted molar refractivity (Wildman–Crippen MR) is 97.3 cm³/mol. The van der Waals surface area contributed by atoms with Crippen LogP contribution >= 0.6 is 11.9 Å². The molecule has 2 atom stereocenters. The van der Waals surface area contributed by atoms with Crippen molar-refractivity contribution in [3.05, 3.63) is 24.3 Å². The van der Waals surface area contributed by atoms with Crippen LogP contribution in [0, 0.1) is 0 Å². The topological polar surface area (TPSA) is 85.3 Å². The van der Waals surface area contributed by atoms with Crippen LogP contribution in [0.5, 0.6) is 5.75 Å². The van der Waals surface area contributed by atoms with Crippen molar-refractivity contribution < 1.29 is 32.8 Å². The van der Waals surface area contributed by atoms with Gasteiger partial charge in [0.25, 0.3) is 0 Å². The molecule has 3 rings (SSSR count). The van der Waals surface area contributed by atoms with E-state index in [-0.39, 0.29) is 11.7 Å². The monoisotopic (exact) mass is 419 g/mol. The number of halogens is 3. The van der Waals surface area contributed by atoms with E-state index in [1.54, 1.807) is 0 Å². The van der Waals surface area contributed by atoms with E-state index >= 15 is 0 Å². The number of hydrogen-bond acceptors (Lipinski definition) is 7. The number of likely N-dealkylation sites (tertiary alicyclic amines) is 1. The van der Waals surface area contributed by atoms with Gasteiger partial charge in [-0.25, -0.2) is 4.31 Å². The number of amides is 1. The standard InChI is InChI=1S/C16H21BF3N3O4S/c18-16(19,20)27-11-3-5-12(6-4-11)28-22-9-7-21-13(10-22)15(24)23-8-1-2-14(23)17(25)26/h3-6,13-14,21,25-26H,1-2,7-10H2. The Kier molecular flexibility index (Phi) is 6.76. The zero-order valence-corrected chi connectivity index (χ0v) is 15.7. The molecule has 2 saturated heterocycles.